The van der Waals surface area contributed by atoms with Gasteiger partial charge in [0.25, 0.3) is 0 Å². The van der Waals surface area contributed by atoms with Gasteiger partial charge in [-0.15, -0.1) is 0 Å². The summed E-state index contributed by atoms with van der Waals surface area (Å²) in [7, 11) is 0. The highest BCUT2D eigenvalue weighted by Crippen LogP contribution is 2.12. The molecule has 0 saturated heterocycles. The second-order valence-electron chi connectivity index (χ2n) is 4.06. The maximum absolute atomic E-state index is 9.12. The van der Waals surface area contributed by atoms with E-state index in [4.69, 9.17) is 15.7 Å². The zero-order chi connectivity index (χ0) is 9.61. The molecule has 0 radical (unpaired) electrons. The highest BCUT2D eigenvalue weighted by Gasteiger charge is 2.11. The van der Waals surface area contributed by atoms with Crippen LogP contribution in [0.5, 0.6) is 0 Å². The molecule has 1 unspecified atom stereocenters. The van der Waals surface area contributed by atoms with Crippen LogP contribution in [0.25, 0.3) is 0 Å². The van der Waals surface area contributed by atoms with Crippen molar-refractivity contribution < 1.29 is 14.7 Å². The summed E-state index contributed by atoms with van der Waals surface area (Å²) in [5, 5.41) is 9.12. The first kappa shape index (κ1) is 11.8. The van der Waals surface area contributed by atoms with Gasteiger partial charge in [-0.1, -0.05) is 20.8 Å². The highest BCUT2D eigenvalue weighted by molar-refractivity contribution is 4.60. The summed E-state index contributed by atoms with van der Waals surface area (Å²) in [6.07, 6.45) is -0.627. The van der Waals surface area contributed by atoms with E-state index in [1.165, 1.54) is 0 Å². The van der Waals surface area contributed by atoms with Crippen LogP contribution in [-0.4, -0.2) is 31.0 Å². The van der Waals surface area contributed by atoms with Gasteiger partial charge in [0.1, 0.15) is 6.10 Å². The standard InChI is InChI=1S/C8H19NO3/c1-8(2,3)6-11-4-7(10)5-12-9/h7,10H,4-6,9H2,1-3H3. The van der Waals surface area contributed by atoms with Crippen molar-refractivity contribution in [3.63, 3.8) is 0 Å². The molecule has 0 spiro atoms. The zero-order valence-electron chi connectivity index (χ0n) is 8.04. The average Bonchev–Trinajstić information content (AvgIpc) is 1.84. The van der Waals surface area contributed by atoms with E-state index in [2.05, 4.69) is 25.6 Å². The predicted octanol–water partition coefficient (Wildman–Crippen LogP) is 0.300. The Hall–Kier alpha value is -0.160. The lowest BCUT2D eigenvalue weighted by atomic mass is 9.99. The van der Waals surface area contributed by atoms with Crippen molar-refractivity contribution in [3.8, 4) is 0 Å². The number of aliphatic hydroxyl groups excluding tert-OH is 1. The normalized spacial score (nSPS) is 14.8. The van der Waals surface area contributed by atoms with Crippen LogP contribution in [0.3, 0.4) is 0 Å². The van der Waals surface area contributed by atoms with Crippen LogP contribution < -0.4 is 5.90 Å². The van der Waals surface area contributed by atoms with E-state index in [0.29, 0.717) is 6.61 Å². The van der Waals surface area contributed by atoms with Gasteiger partial charge in [-0.05, 0) is 5.41 Å². The summed E-state index contributed by atoms with van der Waals surface area (Å²) in [4.78, 5) is 4.26. The predicted molar refractivity (Wildman–Crippen MR) is 46.4 cm³/mol. The molecular weight excluding hydrogens is 158 g/mol. The van der Waals surface area contributed by atoms with Gasteiger partial charge in [0.05, 0.1) is 19.8 Å². The molecule has 0 rings (SSSR count). The van der Waals surface area contributed by atoms with Crippen LogP contribution in [0.2, 0.25) is 0 Å². The number of ether oxygens (including phenoxy) is 1. The van der Waals surface area contributed by atoms with Crippen molar-refractivity contribution in [2.45, 2.75) is 26.9 Å². The lowest BCUT2D eigenvalue weighted by molar-refractivity contribution is -0.0339. The Balaban J connectivity index is 3.31. The van der Waals surface area contributed by atoms with E-state index in [-0.39, 0.29) is 18.6 Å². The molecule has 74 valence electrons. The van der Waals surface area contributed by atoms with E-state index in [1.54, 1.807) is 0 Å². The Kier molecular flexibility index (Phi) is 5.41. The fourth-order valence-corrected chi connectivity index (χ4v) is 0.660. The first-order valence-electron chi connectivity index (χ1n) is 4.03. The second kappa shape index (κ2) is 5.48. The van der Waals surface area contributed by atoms with Gasteiger partial charge in [0, 0.05) is 0 Å². The third-order valence-electron chi connectivity index (χ3n) is 1.13. The molecule has 4 nitrogen and oxygen atoms in total. The van der Waals surface area contributed by atoms with Crippen molar-refractivity contribution in [1.29, 1.82) is 0 Å². The molecule has 1 atom stereocenters. The van der Waals surface area contributed by atoms with Crippen LogP contribution in [-0.2, 0) is 9.57 Å². The zero-order valence-corrected chi connectivity index (χ0v) is 8.04. The summed E-state index contributed by atoms with van der Waals surface area (Å²) in [6.45, 7) is 7.21. The monoisotopic (exact) mass is 177 g/mol. The van der Waals surface area contributed by atoms with E-state index < -0.39 is 6.10 Å². The number of rotatable bonds is 5. The molecule has 0 aliphatic carbocycles. The van der Waals surface area contributed by atoms with E-state index >= 15 is 0 Å². The molecule has 0 amide bonds. The molecular formula is C8H19NO3. The lowest BCUT2D eigenvalue weighted by Gasteiger charge is -2.19. The van der Waals surface area contributed by atoms with Crippen molar-refractivity contribution in [2.24, 2.45) is 11.3 Å². The Bertz CT molecular complexity index is 111. The van der Waals surface area contributed by atoms with Gasteiger partial charge in [-0.2, -0.15) is 0 Å². The third kappa shape index (κ3) is 7.94. The minimum absolute atomic E-state index is 0.115. The van der Waals surface area contributed by atoms with Crippen molar-refractivity contribution in [2.75, 3.05) is 19.8 Å². The van der Waals surface area contributed by atoms with Crippen molar-refractivity contribution >= 4 is 0 Å². The van der Waals surface area contributed by atoms with Crippen molar-refractivity contribution in [1.82, 2.24) is 0 Å². The van der Waals surface area contributed by atoms with Crippen LogP contribution in [0, 0.1) is 5.41 Å². The molecule has 0 fully saturated rings. The molecule has 12 heavy (non-hydrogen) atoms. The van der Waals surface area contributed by atoms with Gasteiger partial charge < -0.3 is 14.7 Å². The fourth-order valence-electron chi connectivity index (χ4n) is 0.660. The molecule has 0 aromatic heterocycles. The molecule has 0 aromatic carbocycles. The number of hydrogen-bond donors (Lipinski definition) is 2. The SMILES string of the molecule is CC(C)(C)COCC(O)CON. The molecule has 0 saturated carbocycles. The fraction of sp³-hybridized carbons (Fsp3) is 1.00. The Morgan fingerprint density at radius 3 is 2.33 bits per heavy atom. The maximum Gasteiger partial charge on any atom is 0.103 e. The summed E-state index contributed by atoms with van der Waals surface area (Å²) < 4.78 is 5.23. The Morgan fingerprint density at radius 2 is 1.92 bits per heavy atom. The summed E-state index contributed by atoms with van der Waals surface area (Å²) >= 11 is 0. The Labute approximate surface area is 73.6 Å². The van der Waals surface area contributed by atoms with Crippen LogP contribution in [0.15, 0.2) is 0 Å². The minimum Gasteiger partial charge on any atom is -0.388 e. The van der Waals surface area contributed by atoms with E-state index in [1.807, 2.05) is 0 Å². The summed E-state index contributed by atoms with van der Waals surface area (Å²) in [6, 6.07) is 0. The minimum atomic E-state index is -0.627. The van der Waals surface area contributed by atoms with Crippen LogP contribution in [0.1, 0.15) is 20.8 Å². The average molecular weight is 177 g/mol. The highest BCUT2D eigenvalue weighted by atomic mass is 16.6. The molecule has 0 aliphatic rings. The van der Waals surface area contributed by atoms with Gasteiger partial charge in [0.2, 0.25) is 0 Å². The van der Waals surface area contributed by atoms with E-state index in [9.17, 15) is 0 Å². The quantitative estimate of drug-likeness (QED) is 0.593. The largest absolute Gasteiger partial charge is 0.388 e. The number of aliphatic hydroxyl groups is 1. The lowest BCUT2D eigenvalue weighted by Crippen LogP contribution is -2.26. The maximum atomic E-state index is 9.12. The van der Waals surface area contributed by atoms with Gasteiger partial charge >= 0.3 is 0 Å². The van der Waals surface area contributed by atoms with E-state index in [0.717, 1.165) is 0 Å². The van der Waals surface area contributed by atoms with Gasteiger partial charge in [-0.25, -0.2) is 5.90 Å². The first-order chi connectivity index (χ1) is 5.45. The second-order valence-corrected chi connectivity index (χ2v) is 4.06. The topological polar surface area (TPSA) is 64.7 Å². The summed E-state index contributed by atoms with van der Waals surface area (Å²) in [5.74, 6) is 4.77. The molecule has 0 aromatic rings. The van der Waals surface area contributed by atoms with Crippen LogP contribution in [0.4, 0.5) is 0 Å². The Morgan fingerprint density at radius 1 is 1.33 bits per heavy atom. The van der Waals surface area contributed by atoms with Crippen LogP contribution >= 0.6 is 0 Å². The molecule has 0 heterocycles. The summed E-state index contributed by atoms with van der Waals surface area (Å²) in [5.41, 5.74) is 0.128. The smallest absolute Gasteiger partial charge is 0.103 e. The first-order valence-corrected chi connectivity index (χ1v) is 4.03. The van der Waals surface area contributed by atoms with Gasteiger partial charge in [-0.3, -0.25) is 0 Å². The van der Waals surface area contributed by atoms with Gasteiger partial charge in [0.15, 0.2) is 0 Å². The van der Waals surface area contributed by atoms with Crippen molar-refractivity contribution in [3.05, 3.63) is 0 Å². The molecule has 0 aliphatic heterocycles. The molecule has 4 heteroatoms. The molecule has 3 N–H and O–H groups in total. The number of nitrogens with two attached hydrogens (primary N) is 1. The number of hydrogen-bond acceptors (Lipinski definition) is 4. The molecule has 0 bridgehead atoms. The third-order valence-corrected chi connectivity index (χ3v) is 1.13.